The second kappa shape index (κ2) is 7.07. The molecule has 0 saturated carbocycles. The number of nitrogens with one attached hydrogen (secondary N) is 1. The van der Waals surface area contributed by atoms with E-state index in [-0.39, 0.29) is 6.10 Å². The van der Waals surface area contributed by atoms with Gasteiger partial charge in [-0.2, -0.15) is 0 Å². The summed E-state index contributed by atoms with van der Waals surface area (Å²) in [5, 5.41) is 3.11. The van der Waals surface area contributed by atoms with E-state index in [1.807, 2.05) is 37.4 Å². The molecular formula is C15H20N2O2. The number of oxazole rings is 1. The summed E-state index contributed by atoms with van der Waals surface area (Å²) >= 11 is 0. The Labute approximate surface area is 113 Å². The minimum absolute atomic E-state index is 0.188. The number of hydrogen-bond acceptors (Lipinski definition) is 4. The topological polar surface area (TPSA) is 47.3 Å². The molecule has 4 nitrogen and oxygen atoms in total. The first-order chi connectivity index (χ1) is 9.35. The summed E-state index contributed by atoms with van der Waals surface area (Å²) in [6, 6.07) is 10.0. The van der Waals surface area contributed by atoms with Gasteiger partial charge in [0.2, 0.25) is 0 Å². The van der Waals surface area contributed by atoms with Crippen LogP contribution in [0.3, 0.4) is 0 Å². The third-order valence-electron chi connectivity index (χ3n) is 2.99. The summed E-state index contributed by atoms with van der Waals surface area (Å²) in [7, 11) is 3.62. The fourth-order valence-electron chi connectivity index (χ4n) is 2.02. The lowest BCUT2D eigenvalue weighted by atomic mass is 10.1. The molecule has 2 rings (SSSR count). The standard InChI is InChI=1S/C15H20N2O2/c1-16-10-6-9-14-17-11-13(19-14)15(18-2)12-7-4-3-5-8-12/h3-5,7-8,11,15-16H,6,9-10H2,1-2H3. The van der Waals surface area contributed by atoms with E-state index in [1.165, 1.54) is 0 Å². The number of benzene rings is 1. The predicted molar refractivity (Wildman–Crippen MR) is 74.0 cm³/mol. The van der Waals surface area contributed by atoms with Crippen molar-refractivity contribution in [1.29, 1.82) is 0 Å². The molecule has 0 aliphatic carbocycles. The lowest BCUT2D eigenvalue weighted by Crippen LogP contribution is -2.08. The molecule has 0 saturated heterocycles. The Hall–Kier alpha value is -1.65. The van der Waals surface area contributed by atoms with Gasteiger partial charge in [-0.05, 0) is 25.6 Å². The highest BCUT2D eigenvalue weighted by atomic mass is 16.5. The van der Waals surface area contributed by atoms with Crippen molar-refractivity contribution in [3.63, 3.8) is 0 Å². The van der Waals surface area contributed by atoms with Crippen molar-refractivity contribution in [3.8, 4) is 0 Å². The van der Waals surface area contributed by atoms with Crippen molar-refractivity contribution in [2.45, 2.75) is 18.9 Å². The van der Waals surface area contributed by atoms with E-state index in [0.29, 0.717) is 0 Å². The second-order valence-corrected chi connectivity index (χ2v) is 4.39. The van der Waals surface area contributed by atoms with E-state index in [0.717, 1.165) is 36.6 Å². The molecule has 19 heavy (non-hydrogen) atoms. The van der Waals surface area contributed by atoms with Crippen LogP contribution < -0.4 is 5.32 Å². The van der Waals surface area contributed by atoms with Crippen LogP contribution in [0.15, 0.2) is 40.9 Å². The zero-order valence-electron chi connectivity index (χ0n) is 11.4. The molecule has 0 aliphatic rings. The van der Waals surface area contributed by atoms with Gasteiger partial charge in [-0.25, -0.2) is 4.98 Å². The highest BCUT2D eigenvalue weighted by Crippen LogP contribution is 2.25. The third-order valence-corrected chi connectivity index (χ3v) is 2.99. The van der Waals surface area contributed by atoms with Gasteiger partial charge in [0.1, 0.15) is 6.10 Å². The molecule has 4 heteroatoms. The summed E-state index contributed by atoms with van der Waals surface area (Å²) in [6.07, 6.45) is 3.42. The van der Waals surface area contributed by atoms with E-state index < -0.39 is 0 Å². The van der Waals surface area contributed by atoms with Crippen molar-refractivity contribution < 1.29 is 9.15 Å². The van der Waals surface area contributed by atoms with Crippen LogP contribution in [0.2, 0.25) is 0 Å². The lowest BCUT2D eigenvalue weighted by Gasteiger charge is -2.12. The predicted octanol–water partition coefficient (Wildman–Crippen LogP) is 2.56. The number of aromatic nitrogens is 1. The van der Waals surface area contributed by atoms with Gasteiger partial charge in [-0.15, -0.1) is 0 Å². The highest BCUT2D eigenvalue weighted by Gasteiger charge is 2.17. The van der Waals surface area contributed by atoms with Crippen molar-refractivity contribution in [3.05, 3.63) is 53.7 Å². The zero-order chi connectivity index (χ0) is 13.5. The van der Waals surface area contributed by atoms with Crippen LogP contribution in [0.1, 0.15) is 29.7 Å². The number of nitrogens with zero attached hydrogens (tertiary/aromatic N) is 1. The highest BCUT2D eigenvalue weighted by molar-refractivity contribution is 5.23. The van der Waals surface area contributed by atoms with E-state index in [4.69, 9.17) is 9.15 Å². The smallest absolute Gasteiger partial charge is 0.194 e. The number of ether oxygens (including phenoxy) is 1. The van der Waals surface area contributed by atoms with Crippen LogP contribution in [0.25, 0.3) is 0 Å². The van der Waals surface area contributed by atoms with Crippen LogP contribution >= 0.6 is 0 Å². The summed E-state index contributed by atoms with van der Waals surface area (Å²) in [5.41, 5.74) is 1.07. The molecular weight excluding hydrogens is 240 g/mol. The quantitative estimate of drug-likeness (QED) is 0.777. The van der Waals surface area contributed by atoms with Crippen LogP contribution in [0.4, 0.5) is 0 Å². The SMILES string of the molecule is CNCCCc1ncc(C(OC)c2ccccc2)o1. The number of methoxy groups -OCH3 is 1. The Balaban J connectivity index is 2.07. The van der Waals surface area contributed by atoms with E-state index in [2.05, 4.69) is 10.3 Å². The average molecular weight is 260 g/mol. The van der Waals surface area contributed by atoms with Gasteiger partial charge in [0.15, 0.2) is 11.7 Å². The maximum atomic E-state index is 5.77. The fraction of sp³-hybridized carbons (Fsp3) is 0.400. The summed E-state index contributed by atoms with van der Waals surface area (Å²) in [4.78, 5) is 4.31. The van der Waals surface area contributed by atoms with Gasteiger partial charge in [0.05, 0.1) is 6.20 Å². The molecule has 2 aromatic rings. The molecule has 1 unspecified atom stereocenters. The van der Waals surface area contributed by atoms with Gasteiger partial charge < -0.3 is 14.5 Å². The number of aryl methyl sites for hydroxylation is 1. The maximum Gasteiger partial charge on any atom is 0.194 e. The molecule has 1 heterocycles. The largest absolute Gasteiger partial charge is 0.443 e. The van der Waals surface area contributed by atoms with E-state index in [9.17, 15) is 0 Å². The number of hydrogen-bond donors (Lipinski definition) is 1. The van der Waals surface area contributed by atoms with Crippen LogP contribution in [0, 0.1) is 0 Å². The van der Waals surface area contributed by atoms with Crippen LogP contribution in [-0.4, -0.2) is 25.7 Å². The fourth-order valence-corrected chi connectivity index (χ4v) is 2.02. The van der Waals surface area contributed by atoms with Gasteiger partial charge in [-0.3, -0.25) is 0 Å². The molecule has 102 valence electrons. The van der Waals surface area contributed by atoms with Gasteiger partial charge in [-0.1, -0.05) is 30.3 Å². The second-order valence-electron chi connectivity index (χ2n) is 4.39. The van der Waals surface area contributed by atoms with Gasteiger partial charge in [0.25, 0.3) is 0 Å². The Morgan fingerprint density at radius 2 is 2.11 bits per heavy atom. The van der Waals surface area contributed by atoms with Crippen molar-refractivity contribution in [2.24, 2.45) is 0 Å². The van der Waals surface area contributed by atoms with Crippen molar-refractivity contribution in [1.82, 2.24) is 10.3 Å². The Bertz CT molecular complexity index is 482. The van der Waals surface area contributed by atoms with Gasteiger partial charge in [0, 0.05) is 13.5 Å². The Kier molecular flexibility index (Phi) is 5.12. The average Bonchev–Trinajstić information content (AvgIpc) is 2.90. The monoisotopic (exact) mass is 260 g/mol. The van der Waals surface area contributed by atoms with Crippen LogP contribution in [0.5, 0.6) is 0 Å². The lowest BCUT2D eigenvalue weighted by molar-refractivity contribution is 0.115. The van der Waals surface area contributed by atoms with E-state index >= 15 is 0 Å². The molecule has 1 aromatic carbocycles. The molecule has 0 aliphatic heterocycles. The summed E-state index contributed by atoms with van der Waals surface area (Å²) in [5.74, 6) is 1.52. The Morgan fingerprint density at radius 3 is 2.79 bits per heavy atom. The summed E-state index contributed by atoms with van der Waals surface area (Å²) < 4.78 is 11.3. The third kappa shape index (κ3) is 3.66. The first-order valence-corrected chi connectivity index (χ1v) is 6.52. The molecule has 0 bridgehead atoms. The Morgan fingerprint density at radius 1 is 1.32 bits per heavy atom. The molecule has 0 amide bonds. The first-order valence-electron chi connectivity index (χ1n) is 6.52. The zero-order valence-corrected chi connectivity index (χ0v) is 11.4. The minimum Gasteiger partial charge on any atom is -0.443 e. The van der Waals surface area contributed by atoms with Crippen molar-refractivity contribution >= 4 is 0 Å². The van der Waals surface area contributed by atoms with Crippen LogP contribution in [-0.2, 0) is 11.2 Å². The maximum absolute atomic E-state index is 5.77. The molecule has 1 N–H and O–H groups in total. The molecule has 1 atom stereocenters. The molecule has 0 spiro atoms. The molecule has 0 fully saturated rings. The molecule has 1 aromatic heterocycles. The van der Waals surface area contributed by atoms with E-state index in [1.54, 1.807) is 13.3 Å². The first kappa shape index (κ1) is 13.8. The van der Waals surface area contributed by atoms with Crippen molar-refractivity contribution in [2.75, 3.05) is 20.7 Å². The summed E-state index contributed by atoms with van der Waals surface area (Å²) in [6.45, 7) is 0.962. The van der Waals surface area contributed by atoms with Gasteiger partial charge >= 0.3 is 0 Å². The normalized spacial score (nSPS) is 12.5. The number of rotatable bonds is 7. The molecule has 0 radical (unpaired) electrons. The minimum atomic E-state index is -0.188.